The van der Waals surface area contributed by atoms with Crippen molar-refractivity contribution in [2.75, 3.05) is 0 Å². The van der Waals surface area contributed by atoms with Gasteiger partial charge in [-0.15, -0.1) is 0 Å². The smallest absolute Gasteiger partial charge is 0.357 e. The lowest BCUT2D eigenvalue weighted by Crippen LogP contribution is -2.35. The van der Waals surface area contributed by atoms with Gasteiger partial charge in [-0.05, 0) is 78.9 Å². The minimum atomic E-state index is -4.53. The molecular weight excluding hydrogens is 415 g/mol. The number of hydrogen-bond donors (Lipinski definition) is 5. The van der Waals surface area contributed by atoms with Gasteiger partial charge < -0.3 is 25.1 Å². The first kappa shape index (κ1) is 24.6. The summed E-state index contributed by atoms with van der Waals surface area (Å²) in [5.74, 6) is -0.820. The zero-order chi connectivity index (χ0) is 23.0. The monoisotopic (exact) mass is 452 g/mol. The normalized spacial score (nSPS) is 39.3. The fourth-order valence-corrected chi connectivity index (χ4v) is 6.45. The molecule has 0 aliphatic heterocycles. The summed E-state index contributed by atoms with van der Waals surface area (Å²) >= 11 is 0. The lowest BCUT2D eigenvalue weighted by atomic mass is 9.61. The maximum Gasteiger partial charge on any atom is 0.357 e. The fraction of sp³-hybridized carbons (Fsp3) is 0.667. The van der Waals surface area contributed by atoms with Crippen LogP contribution in [-0.4, -0.2) is 43.2 Å². The Kier molecular flexibility index (Phi) is 7.52. The molecule has 3 saturated carbocycles. The lowest BCUT2D eigenvalue weighted by Gasteiger charge is -2.44. The van der Waals surface area contributed by atoms with Gasteiger partial charge in [0, 0.05) is 6.42 Å². The molecule has 0 aromatic heterocycles. The fourth-order valence-electron chi connectivity index (χ4n) is 6.13. The van der Waals surface area contributed by atoms with Crippen molar-refractivity contribution in [1.82, 2.24) is 0 Å². The molecule has 7 atom stereocenters. The first-order valence-electron chi connectivity index (χ1n) is 11.3. The second kappa shape index (κ2) is 9.46. The van der Waals surface area contributed by atoms with Crippen LogP contribution in [0.5, 0.6) is 0 Å². The van der Waals surface area contributed by atoms with Gasteiger partial charge in [0.1, 0.15) is 0 Å². The maximum atomic E-state index is 11.2. The minimum Gasteiger partial charge on any atom is -0.393 e. The first-order chi connectivity index (χ1) is 14.4. The number of rotatable bonds is 5. The molecule has 0 radical (unpaired) electrons. The zero-order valence-electron chi connectivity index (χ0n) is 18.5. The maximum absolute atomic E-state index is 11.2. The first-order valence-corrected chi connectivity index (χ1v) is 13.0. The lowest BCUT2D eigenvalue weighted by molar-refractivity contribution is 0.0862. The molecule has 0 aromatic rings. The Balaban J connectivity index is 1.77. The van der Waals surface area contributed by atoms with Gasteiger partial charge in [-0.1, -0.05) is 44.2 Å². The van der Waals surface area contributed by atoms with Crippen molar-refractivity contribution in [3.63, 3.8) is 0 Å². The van der Waals surface area contributed by atoms with Crippen LogP contribution in [0, 0.1) is 23.2 Å². The molecule has 0 heterocycles. The van der Waals surface area contributed by atoms with Gasteiger partial charge >= 0.3 is 7.60 Å². The zero-order valence-corrected chi connectivity index (χ0v) is 19.4. The second-order valence-electron chi connectivity index (χ2n) is 9.91. The molecule has 174 valence electrons. The average molecular weight is 453 g/mol. The summed E-state index contributed by atoms with van der Waals surface area (Å²) in [7, 11) is -4.53. The molecule has 31 heavy (non-hydrogen) atoms. The predicted molar refractivity (Wildman–Crippen MR) is 121 cm³/mol. The highest BCUT2D eigenvalue weighted by Crippen LogP contribution is 2.59. The molecule has 5 N–H and O–H groups in total. The van der Waals surface area contributed by atoms with E-state index in [1.807, 2.05) is 6.08 Å². The molecule has 3 fully saturated rings. The van der Waals surface area contributed by atoms with E-state index in [1.165, 1.54) is 11.6 Å². The third-order valence-corrected chi connectivity index (χ3v) is 8.73. The molecule has 0 spiro atoms. The number of allylic oxidation sites excluding steroid dienone is 4. The van der Waals surface area contributed by atoms with E-state index in [-0.39, 0.29) is 11.3 Å². The average Bonchev–Trinajstić information content (AvgIpc) is 3.04. The SMILES string of the molecule is C=C1/C(=C\C=C2/CCC[C@@]3(C)C2CC[C@@H]3[C@H](C)/C=C/[C@@H](O)P(=O)(O)O)C[C@@H](O)C[C@@H]1O. The Morgan fingerprint density at radius 2 is 1.90 bits per heavy atom. The van der Waals surface area contributed by atoms with Gasteiger partial charge in [-0.2, -0.15) is 0 Å². The van der Waals surface area contributed by atoms with Crippen molar-refractivity contribution in [3.05, 3.63) is 47.6 Å². The number of fused-ring (bicyclic) bond motifs is 1. The van der Waals surface area contributed by atoms with E-state index in [4.69, 9.17) is 9.79 Å². The molecule has 0 amide bonds. The second-order valence-corrected chi connectivity index (χ2v) is 11.6. The van der Waals surface area contributed by atoms with E-state index in [2.05, 4.69) is 26.5 Å². The molecule has 3 rings (SSSR count). The van der Waals surface area contributed by atoms with Gasteiger partial charge in [0.05, 0.1) is 12.2 Å². The van der Waals surface area contributed by atoms with Crippen molar-refractivity contribution < 1.29 is 29.7 Å². The largest absolute Gasteiger partial charge is 0.393 e. The molecule has 0 saturated heterocycles. The van der Waals surface area contributed by atoms with E-state index in [0.29, 0.717) is 30.3 Å². The summed E-state index contributed by atoms with van der Waals surface area (Å²) in [5, 5.41) is 29.7. The molecular formula is C24H37O6P. The van der Waals surface area contributed by atoms with Gasteiger partial charge in [0.2, 0.25) is 0 Å². The van der Waals surface area contributed by atoms with Crippen LogP contribution >= 0.6 is 7.60 Å². The van der Waals surface area contributed by atoms with E-state index >= 15 is 0 Å². The Morgan fingerprint density at radius 3 is 2.58 bits per heavy atom. The molecule has 7 heteroatoms. The molecule has 6 nitrogen and oxygen atoms in total. The Bertz CT molecular complexity index is 824. The summed E-state index contributed by atoms with van der Waals surface area (Å²) < 4.78 is 11.2. The minimum absolute atomic E-state index is 0.0992. The van der Waals surface area contributed by atoms with Crippen LogP contribution in [0.15, 0.2) is 47.6 Å². The number of hydrogen-bond acceptors (Lipinski definition) is 4. The number of aliphatic hydroxyl groups is 3. The van der Waals surface area contributed by atoms with Crippen LogP contribution in [0.4, 0.5) is 0 Å². The summed E-state index contributed by atoms with van der Waals surface area (Å²) in [6, 6.07) is 0. The molecule has 3 aliphatic rings. The van der Waals surface area contributed by atoms with Gasteiger partial charge in [-0.3, -0.25) is 4.57 Å². The summed E-state index contributed by atoms with van der Waals surface area (Å²) in [5.41, 5.74) is 3.12. The topological polar surface area (TPSA) is 118 Å². The standard InChI is InChI=1S/C24H37O6P/c1-15(6-11-23(27)31(28,29)30)20-9-10-21-17(5-4-12-24(20,21)3)7-8-18-13-19(25)14-22(26)16(18)2/h6-8,11,15,19-23,25-27H,2,4-5,9-10,12-14H2,1,3H3,(H2,28,29,30)/b11-6+,17-7+,18-8-/t15-,19-,20-,21?,22+,23+,24-/m1/s1. The Morgan fingerprint density at radius 1 is 1.19 bits per heavy atom. The third kappa shape index (κ3) is 5.32. The van der Waals surface area contributed by atoms with Gasteiger partial charge in [-0.25, -0.2) is 0 Å². The van der Waals surface area contributed by atoms with Crippen molar-refractivity contribution in [2.45, 2.75) is 76.8 Å². The van der Waals surface area contributed by atoms with E-state index in [1.54, 1.807) is 6.08 Å². The van der Waals surface area contributed by atoms with E-state index in [9.17, 15) is 19.9 Å². The van der Waals surface area contributed by atoms with Crippen LogP contribution in [0.3, 0.4) is 0 Å². The van der Waals surface area contributed by atoms with Crippen LogP contribution < -0.4 is 0 Å². The van der Waals surface area contributed by atoms with E-state index < -0.39 is 25.6 Å². The quantitative estimate of drug-likeness (QED) is 0.320. The van der Waals surface area contributed by atoms with E-state index in [0.717, 1.165) is 37.7 Å². The number of aliphatic hydroxyl groups excluding tert-OH is 3. The predicted octanol–water partition coefficient (Wildman–Crippen LogP) is 3.82. The van der Waals surface area contributed by atoms with Crippen LogP contribution in [0.1, 0.15) is 58.8 Å². The van der Waals surface area contributed by atoms with Crippen molar-refractivity contribution in [1.29, 1.82) is 0 Å². The molecule has 1 unspecified atom stereocenters. The summed E-state index contributed by atoms with van der Waals surface area (Å²) in [6.07, 6.45) is 12.2. The highest BCUT2D eigenvalue weighted by molar-refractivity contribution is 7.52. The van der Waals surface area contributed by atoms with Crippen molar-refractivity contribution >= 4 is 7.60 Å². The van der Waals surface area contributed by atoms with Crippen LogP contribution in [0.25, 0.3) is 0 Å². The Hall–Kier alpha value is -1.01. The third-order valence-electron chi connectivity index (χ3n) is 7.87. The van der Waals surface area contributed by atoms with Crippen LogP contribution in [-0.2, 0) is 4.57 Å². The summed E-state index contributed by atoms with van der Waals surface area (Å²) in [4.78, 5) is 18.2. The summed E-state index contributed by atoms with van der Waals surface area (Å²) in [6.45, 7) is 8.39. The highest BCUT2D eigenvalue weighted by atomic mass is 31.2. The molecule has 0 aromatic carbocycles. The van der Waals surface area contributed by atoms with Crippen molar-refractivity contribution in [2.24, 2.45) is 23.2 Å². The van der Waals surface area contributed by atoms with Gasteiger partial charge in [0.25, 0.3) is 0 Å². The van der Waals surface area contributed by atoms with Crippen LogP contribution in [0.2, 0.25) is 0 Å². The Labute approximate surface area is 185 Å². The van der Waals surface area contributed by atoms with Gasteiger partial charge in [0.15, 0.2) is 5.85 Å². The van der Waals surface area contributed by atoms with Crippen molar-refractivity contribution in [3.8, 4) is 0 Å². The molecule has 0 bridgehead atoms. The highest BCUT2D eigenvalue weighted by Gasteiger charge is 2.50. The molecule has 3 aliphatic carbocycles.